The van der Waals surface area contributed by atoms with Gasteiger partial charge in [-0.3, -0.25) is 0 Å². The van der Waals surface area contributed by atoms with E-state index in [2.05, 4.69) is 6.92 Å². The van der Waals surface area contributed by atoms with Crippen molar-refractivity contribution >= 4 is 11.6 Å². The van der Waals surface area contributed by atoms with Gasteiger partial charge in [0.05, 0.1) is 5.60 Å². The van der Waals surface area contributed by atoms with Crippen LogP contribution in [0, 0.1) is 5.92 Å². The Morgan fingerprint density at radius 1 is 1.47 bits per heavy atom. The van der Waals surface area contributed by atoms with Gasteiger partial charge in [0.1, 0.15) is 0 Å². The average Bonchev–Trinajstić information content (AvgIpc) is 2.62. The zero-order valence-corrected chi connectivity index (χ0v) is 9.80. The van der Waals surface area contributed by atoms with E-state index in [1.165, 1.54) is 0 Å². The molecule has 0 radical (unpaired) electrons. The molecule has 0 amide bonds. The maximum absolute atomic E-state index is 10.6. The molecule has 15 heavy (non-hydrogen) atoms. The van der Waals surface area contributed by atoms with Crippen LogP contribution >= 0.6 is 11.6 Å². The number of rotatable bonds is 2. The lowest BCUT2D eigenvalue weighted by Crippen LogP contribution is -2.22. The van der Waals surface area contributed by atoms with Crippen LogP contribution in [0.25, 0.3) is 0 Å². The van der Waals surface area contributed by atoms with Gasteiger partial charge in [-0.2, -0.15) is 0 Å². The maximum atomic E-state index is 10.6. The number of aliphatic hydroxyl groups is 1. The standard InChI is InChI=1S/C13H17ClO/c1-2-10-7-8-13(15,9-10)11-5-3-4-6-12(11)14/h3-6,10,15H,2,7-9H2,1H3. The number of hydrogen-bond donors (Lipinski definition) is 1. The smallest absolute Gasteiger partial charge is 0.0913 e. The van der Waals surface area contributed by atoms with E-state index in [-0.39, 0.29) is 0 Å². The van der Waals surface area contributed by atoms with E-state index in [0.29, 0.717) is 10.9 Å². The predicted octanol–water partition coefficient (Wildman–Crippen LogP) is 3.74. The van der Waals surface area contributed by atoms with Gasteiger partial charge in [-0.1, -0.05) is 43.1 Å². The fraction of sp³-hybridized carbons (Fsp3) is 0.538. The van der Waals surface area contributed by atoms with E-state index < -0.39 is 5.60 Å². The molecule has 82 valence electrons. The Hall–Kier alpha value is -0.530. The van der Waals surface area contributed by atoms with E-state index in [1.807, 2.05) is 24.3 Å². The van der Waals surface area contributed by atoms with Crippen LogP contribution in [0.1, 0.15) is 38.2 Å². The molecule has 1 aromatic carbocycles. The van der Waals surface area contributed by atoms with Crippen molar-refractivity contribution in [2.45, 2.75) is 38.2 Å². The van der Waals surface area contributed by atoms with Gasteiger partial charge in [0.15, 0.2) is 0 Å². The van der Waals surface area contributed by atoms with Gasteiger partial charge in [-0.05, 0) is 31.2 Å². The van der Waals surface area contributed by atoms with E-state index >= 15 is 0 Å². The molecule has 2 rings (SSSR count). The molecule has 0 bridgehead atoms. The first kappa shape index (κ1) is 11.0. The van der Waals surface area contributed by atoms with E-state index in [1.54, 1.807) is 0 Å². The van der Waals surface area contributed by atoms with Gasteiger partial charge >= 0.3 is 0 Å². The van der Waals surface area contributed by atoms with Crippen molar-refractivity contribution in [1.82, 2.24) is 0 Å². The van der Waals surface area contributed by atoms with Crippen LogP contribution in [0.5, 0.6) is 0 Å². The molecule has 1 saturated carbocycles. The lowest BCUT2D eigenvalue weighted by atomic mass is 9.90. The second kappa shape index (κ2) is 4.15. The molecule has 1 N–H and O–H groups in total. The first-order valence-corrected chi connectivity index (χ1v) is 6.01. The van der Waals surface area contributed by atoms with Crippen molar-refractivity contribution in [3.63, 3.8) is 0 Å². The maximum Gasteiger partial charge on any atom is 0.0913 e. The SMILES string of the molecule is CCC1CCC(O)(c2ccccc2Cl)C1. The number of hydrogen-bond acceptors (Lipinski definition) is 1. The topological polar surface area (TPSA) is 20.2 Å². The summed E-state index contributed by atoms with van der Waals surface area (Å²) < 4.78 is 0. The Labute approximate surface area is 96.1 Å². The molecule has 1 aromatic rings. The summed E-state index contributed by atoms with van der Waals surface area (Å²) in [7, 11) is 0. The highest BCUT2D eigenvalue weighted by Crippen LogP contribution is 2.45. The molecule has 0 aliphatic heterocycles. The minimum absolute atomic E-state index is 0.645. The van der Waals surface area contributed by atoms with Crippen LogP contribution in [-0.4, -0.2) is 5.11 Å². The average molecular weight is 225 g/mol. The van der Waals surface area contributed by atoms with Gasteiger partial charge in [-0.15, -0.1) is 0 Å². The molecule has 1 fully saturated rings. The second-order valence-electron chi connectivity index (χ2n) is 4.53. The van der Waals surface area contributed by atoms with Gasteiger partial charge in [0, 0.05) is 10.6 Å². The lowest BCUT2D eigenvalue weighted by Gasteiger charge is -2.24. The number of halogens is 1. The molecule has 2 atom stereocenters. The van der Waals surface area contributed by atoms with Gasteiger partial charge in [-0.25, -0.2) is 0 Å². The molecule has 2 unspecified atom stereocenters. The molecule has 1 aliphatic rings. The monoisotopic (exact) mass is 224 g/mol. The summed E-state index contributed by atoms with van der Waals surface area (Å²) in [4.78, 5) is 0. The van der Waals surface area contributed by atoms with Crippen LogP contribution in [0.2, 0.25) is 5.02 Å². The van der Waals surface area contributed by atoms with Gasteiger partial charge < -0.3 is 5.11 Å². The summed E-state index contributed by atoms with van der Waals surface area (Å²) in [6.07, 6.45) is 3.95. The Bertz CT molecular complexity index is 350. The highest BCUT2D eigenvalue weighted by molar-refractivity contribution is 6.31. The fourth-order valence-electron chi connectivity index (χ4n) is 2.56. The van der Waals surface area contributed by atoms with Crippen LogP contribution in [-0.2, 0) is 5.60 Å². The summed E-state index contributed by atoms with van der Waals surface area (Å²) >= 11 is 6.12. The van der Waals surface area contributed by atoms with Gasteiger partial charge in [0.25, 0.3) is 0 Å². The second-order valence-corrected chi connectivity index (χ2v) is 4.94. The van der Waals surface area contributed by atoms with Crippen molar-refractivity contribution in [2.24, 2.45) is 5.92 Å². The van der Waals surface area contributed by atoms with Crippen molar-refractivity contribution in [3.05, 3.63) is 34.9 Å². The van der Waals surface area contributed by atoms with Gasteiger partial charge in [0.2, 0.25) is 0 Å². The predicted molar refractivity (Wildman–Crippen MR) is 63.0 cm³/mol. The van der Waals surface area contributed by atoms with Crippen molar-refractivity contribution in [2.75, 3.05) is 0 Å². The first-order valence-electron chi connectivity index (χ1n) is 5.63. The lowest BCUT2D eigenvalue weighted by molar-refractivity contribution is 0.0399. The molecule has 0 heterocycles. The van der Waals surface area contributed by atoms with Crippen molar-refractivity contribution in [1.29, 1.82) is 0 Å². The molecular weight excluding hydrogens is 208 g/mol. The molecular formula is C13H17ClO. The van der Waals surface area contributed by atoms with Crippen LogP contribution in [0.4, 0.5) is 0 Å². The summed E-state index contributed by atoms with van der Waals surface area (Å²) in [5, 5.41) is 11.3. The van der Waals surface area contributed by atoms with Crippen LogP contribution in [0.3, 0.4) is 0 Å². The van der Waals surface area contributed by atoms with Crippen molar-refractivity contribution < 1.29 is 5.11 Å². The quantitative estimate of drug-likeness (QED) is 0.812. The Morgan fingerprint density at radius 3 is 2.80 bits per heavy atom. The molecule has 1 nitrogen and oxygen atoms in total. The van der Waals surface area contributed by atoms with E-state index in [0.717, 1.165) is 31.2 Å². The third kappa shape index (κ3) is 2.04. The Balaban J connectivity index is 2.27. The Morgan fingerprint density at radius 2 is 2.20 bits per heavy atom. The van der Waals surface area contributed by atoms with E-state index in [4.69, 9.17) is 11.6 Å². The minimum atomic E-state index is -0.682. The largest absolute Gasteiger partial charge is 0.385 e. The third-order valence-corrected chi connectivity index (χ3v) is 3.87. The van der Waals surface area contributed by atoms with E-state index in [9.17, 15) is 5.11 Å². The minimum Gasteiger partial charge on any atom is -0.385 e. The summed E-state index contributed by atoms with van der Waals surface area (Å²) in [6.45, 7) is 2.18. The van der Waals surface area contributed by atoms with Crippen LogP contribution < -0.4 is 0 Å². The first-order chi connectivity index (χ1) is 7.15. The zero-order chi connectivity index (χ0) is 10.9. The molecule has 0 aromatic heterocycles. The van der Waals surface area contributed by atoms with Crippen molar-refractivity contribution in [3.8, 4) is 0 Å². The summed E-state index contributed by atoms with van der Waals surface area (Å²) in [5.41, 5.74) is 0.224. The molecule has 2 heteroatoms. The highest BCUT2D eigenvalue weighted by atomic mass is 35.5. The normalized spacial score (nSPS) is 30.7. The number of benzene rings is 1. The molecule has 0 spiro atoms. The zero-order valence-electron chi connectivity index (χ0n) is 9.04. The van der Waals surface area contributed by atoms with Crippen LogP contribution in [0.15, 0.2) is 24.3 Å². The summed E-state index contributed by atoms with van der Waals surface area (Å²) in [5.74, 6) is 0.645. The molecule has 1 aliphatic carbocycles. The fourth-order valence-corrected chi connectivity index (χ4v) is 2.87. The molecule has 0 saturated heterocycles. The highest BCUT2D eigenvalue weighted by Gasteiger charge is 2.38. The third-order valence-electron chi connectivity index (χ3n) is 3.55. The summed E-state index contributed by atoms with van der Waals surface area (Å²) in [6, 6.07) is 7.65. The Kier molecular flexibility index (Phi) is 3.03.